The molecule has 2 N–H and O–H groups in total. The third-order valence-electron chi connectivity index (χ3n) is 4.76. The second-order valence-electron chi connectivity index (χ2n) is 7.25. The highest BCUT2D eigenvalue weighted by Gasteiger charge is 2.16. The fourth-order valence-corrected chi connectivity index (χ4v) is 3.21. The fraction of sp³-hybridized carbons (Fsp3) is 0.318. The molecule has 0 unspecified atom stereocenters. The van der Waals surface area contributed by atoms with Crippen LogP contribution < -0.4 is 20.1 Å². The van der Waals surface area contributed by atoms with Gasteiger partial charge in [0, 0.05) is 23.7 Å². The van der Waals surface area contributed by atoms with Gasteiger partial charge in [-0.1, -0.05) is 25.5 Å². The van der Waals surface area contributed by atoms with E-state index in [1.165, 1.54) is 4.80 Å². The Hall–Kier alpha value is -3.95. The molecule has 0 spiro atoms. The average molecular weight is 436 g/mol. The zero-order chi connectivity index (χ0) is 22.3. The van der Waals surface area contributed by atoms with E-state index in [0.717, 1.165) is 12.8 Å². The molecule has 166 valence electrons. The summed E-state index contributed by atoms with van der Waals surface area (Å²) >= 11 is 0. The van der Waals surface area contributed by atoms with E-state index in [1.807, 2.05) is 19.1 Å². The lowest BCUT2D eigenvalue weighted by molar-refractivity contribution is -0.117. The predicted molar refractivity (Wildman–Crippen MR) is 117 cm³/mol. The first-order chi connectivity index (χ1) is 15.6. The van der Waals surface area contributed by atoms with Gasteiger partial charge < -0.3 is 20.1 Å². The number of hydrogen-bond donors (Lipinski definition) is 2. The molecular weight excluding hydrogens is 412 g/mol. The van der Waals surface area contributed by atoms with E-state index >= 15 is 0 Å². The molecule has 32 heavy (non-hydrogen) atoms. The van der Waals surface area contributed by atoms with Crippen LogP contribution in [-0.2, 0) is 16.1 Å². The van der Waals surface area contributed by atoms with E-state index < -0.39 is 0 Å². The van der Waals surface area contributed by atoms with E-state index in [9.17, 15) is 9.59 Å². The lowest BCUT2D eigenvalue weighted by atomic mass is 10.1. The molecule has 1 aliphatic rings. The van der Waals surface area contributed by atoms with E-state index in [1.54, 1.807) is 30.3 Å². The Morgan fingerprint density at radius 1 is 1.03 bits per heavy atom. The largest absolute Gasteiger partial charge is 0.486 e. The van der Waals surface area contributed by atoms with Gasteiger partial charge in [0.15, 0.2) is 11.5 Å². The Kier molecular flexibility index (Phi) is 6.59. The normalized spacial score (nSPS) is 12.3. The summed E-state index contributed by atoms with van der Waals surface area (Å²) in [6.45, 7) is 2.89. The molecule has 3 aromatic rings. The van der Waals surface area contributed by atoms with E-state index in [4.69, 9.17) is 9.47 Å². The van der Waals surface area contributed by atoms with Crippen LogP contribution in [0.5, 0.6) is 11.5 Å². The maximum absolute atomic E-state index is 12.4. The zero-order valence-corrected chi connectivity index (χ0v) is 17.7. The summed E-state index contributed by atoms with van der Waals surface area (Å²) in [6, 6.07) is 12.4. The Morgan fingerprint density at radius 3 is 2.69 bits per heavy atom. The maximum atomic E-state index is 12.4. The van der Waals surface area contributed by atoms with Gasteiger partial charge in [-0.2, -0.15) is 4.80 Å². The molecule has 4 rings (SSSR count). The van der Waals surface area contributed by atoms with Crippen molar-refractivity contribution >= 4 is 23.2 Å². The number of anilines is 2. The minimum atomic E-state index is -0.313. The number of rotatable bonds is 8. The zero-order valence-electron chi connectivity index (χ0n) is 17.7. The van der Waals surface area contributed by atoms with Crippen molar-refractivity contribution in [3.8, 4) is 22.9 Å². The second-order valence-corrected chi connectivity index (χ2v) is 7.25. The molecule has 1 aromatic heterocycles. The summed E-state index contributed by atoms with van der Waals surface area (Å²) in [7, 11) is 0. The van der Waals surface area contributed by atoms with Crippen LogP contribution in [0.15, 0.2) is 42.5 Å². The number of benzene rings is 2. The topological polar surface area (TPSA) is 120 Å². The number of carbonyl (C=O) groups excluding carboxylic acids is 2. The summed E-state index contributed by atoms with van der Waals surface area (Å²) in [6.07, 6.45) is 2.21. The number of aromatic nitrogens is 4. The van der Waals surface area contributed by atoms with Crippen molar-refractivity contribution in [2.24, 2.45) is 0 Å². The van der Waals surface area contributed by atoms with Gasteiger partial charge in [-0.25, -0.2) is 0 Å². The SMILES string of the molecule is CCCCC(=O)Nc1ccccc1-c1nnn(CC(=O)Nc2ccc3c(c2)OCCO3)n1. The van der Waals surface area contributed by atoms with Crippen LogP contribution in [-0.4, -0.2) is 45.2 Å². The minimum absolute atomic E-state index is 0.0644. The Labute approximate surface area is 184 Å². The molecular formula is C22H24N6O4. The van der Waals surface area contributed by atoms with Gasteiger partial charge in [-0.05, 0) is 35.9 Å². The van der Waals surface area contributed by atoms with Crippen LogP contribution in [0.25, 0.3) is 11.4 Å². The van der Waals surface area contributed by atoms with Crippen molar-refractivity contribution in [3.63, 3.8) is 0 Å². The number of nitrogens with one attached hydrogen (secondary N) is 2. The van der Waals surface area contributed by atoms with Gasteiger partial charge in [0.25, 0.3) is 0 Å². The number of nitrogens with zero attached hydrogens (tertiary/aromatic N) is 4. The Balaban J connectivity index is 1.41. The Bertz CT molecular complexity index is 1110. The summed E-state index contributed by atoms with van der Waals surface area (Å²) in [5.74, 6) is 1.19. The van der Waals surface area contributed by atoms with E-state index in [-0.39, 0.29) is 18.4 Å². The quantitative estimate of drug-likeness (QED) is 0.557. The van der Waals surface area contributed by atoms with Gasteiger partial charge >= 0.3 is 0 Å². The summed E-state index contributed by atoms with van der Waals surface area (Å²) in [5.41, 5.74) is 1.82. The third-order valence-corrected chi connectivity index (χ3v) is 4.76. The number of fused-ring (bicyclic) bond motifs is 1. The first kappa shape index (κ1) is 21.3. The molecule has 0 bridgehead atoms. The second kappa shape index (κ2) is 9.90. The molecule has 10 nitrogen and oxygen atoms in total. The highest BCUT2D eigenvalue weighted by atomic mass is 16.6. The van der Waals surface area contributed by atoms with Crippen LogP contribution in [0.2, 0.25) is 0 Å². The number of tetrazole rings is 1. The molecule has 1 aliphatic heterocycles. The molecule has 10 heteroatoms. The van der Waals surface area contributed by atoms with Gasteiger partial charge in [-0.3, -0.25) is 9.59 Å². The smallest absolute Gasteiger partial charge is 0.248 e. The van der Waals surface area contributed by atoms with Crippen LogP contribution >= 0.6 is 0 Å². The van der Waals surface area contributed by atoms with Crippen LogP contribution in [0.1, 0.15) is 26.2 Å². The summed E-state index contributed by atoms with van der Waals surface area (Å²) < 4.78 is 11.0. The molecule has 0 aliphatic carbocycles. The maximum Gasteiger partial charge on any atom is 0.248 e. The summed E-state index contributed by atoms with van der Waals surface area (Å²) in [4.78, 5) is 25.8. The van der Waals surface area contributed by atoms with Crippen LogP contribution in [0.3, 0.4) is 0 Å². The standard InChI is InChI=1S/C22H24N6O4/c1-2-3-8-20(29)24-17-7-5-4-6-16(17)22-25-27-28(26-22)14-21(30)23-15-9-10-18-19(13-15)32-12-11-31-18/h4-7,9-10,13H,2-3,8,11-12,14H2,1H3,(H,23,30)(H,24,29). The molecule has 2 amide bonds. The van der Waals surface area contributed by atoms with Gasteiger partial charge in [0.2, 0.25) is 17.6 Å². The third kappa shape index (κ3) is 5.20. The van der Waals surface area contributed by atoms with Crippen molar-refractivity contribution in [1.82, 2.24) is 20.2 Å². The number of para-hydroxylation sites is 1. The van der Waals surface area contributed by atoms with Crippen LogP contribution in [0.4, 0.5) is 11.4 Å². The number of hydrogen-bond acceptors (Lipinski definition) is 7. The highest BCUT2D eigenvalue weighted by Crippen LogP contribution is 2.32. The van der Waals surface area contributed by atoms with Gasteiger partial charge in [0.1, 0.15) is 19.8 Å². The average Bonchev–Trinajstić information content (AvgIpc) is 3.26. The van der Waals surface area contributed by atoms with Crippen molar-refractivity contribution < 1.29 is 19.1 Å². The van der Waals surface area contributed by atoms with Crippen molar-refractivity contribution in [1.29, 1.82) is 0 Å². The van der Waals surface area contributed by atoms with E-state index in [0.29, 0.717) is 53.9 Å². The monoisotopic (exact) mass is 436 g/mol. The summed E-state index contributed by atoms with van der Waals surface area (Å²) in [5, 5.41) is 18.0. The van der Waals surface area contributed by atoms with Gasteiger partial charge in [-0.15, -0.1) is 10.2 Å². The lowest BCUT2D eigenvalue weighted by Gasteiger charge is -2.18. The molecule has 0 radical (unpaired) electrons. The number of ether oxygens (including phenoxy) is 2. The highest BCUT2D eigenvalue weighted by molar-refractivity contribution is 5.94. The Morgan fingerprint density at radius 2 is 1.84 bits per heavy atom. The molecule has 0 saturated carbocycles. The lowest BCUT2D eigenvalue weighted by Crippen LogP contribution is -2.21. The van der Waals surface area contributed by atoms with Crippen molar-refractivity contribution in [2.45, 2.75) is 32.7 Å². The number of carbonyl (C=O) groups is 2. The minimum Gasteiger partial charge on any atom is -0.486 e. The molecule has 0 fully saturated rings. The van der Waals surface area contributed by atoms with E-state index in [2.05, 4.69) is 26.0 Å². The number of amides is 2. The molecule has 0 saturated heterocycles. The van der Waals surface area contributed by atoms with Gasteiger partial charge in [0.05, 0.1) is 5.69 Å². The van der Waals surface area contributed by atoms with Crippen molar-refractivity contribution in [3.05, 3.63) is 42.5 Å². The fourth-order valence-electron chi connectivity index (χ4n) is 3.21. The first-order valence-corrected chi connectivity index (χ1v) is 10.5. The molecule has 0 atom stereocenters. The molecule has 2 aromatic carbocycles. The van der Waals surface area contributed by atoms with Crippen LogP contribution in [0, 0.1) is 0 Å². The number of unbranched alkanes of at least 4 members (excludes halogenated alkanes) is 1. The molecule has 2 heterocycles. The van der Waals surface area contributed by atoms with Crippen molar-refractivity contribution in [2.75, 3.05) is 23.8 Å². The predicted octanol–water partition coefficient (Wildman–Crippen LogP) is 2.88. The first-order valence-electron chi connectivity index (χ1n) is 10.5.